The molecule has 3 aromatic rings. The number of hydrogen-bond donors (Lipinski definition) is 0. The Kier molecular flexibility index (Phi) is 4.03. The van der Waals surface area contributed by atoms with Crippen molar-refractivity contribution >= 4 is 16.3 Å². The van der Waals surface area contributed by atoms with Crippen LogP contribution in [0.2, 0.25) is 0 Å². The fraction of sp³-hybridized carbons (Fsp3) is 0.308. The molecule has 3 aromatic carbocycles. The van der Waals surface area contributed by atoms with Gasteiger partial charge in [-0.1, -0.05) is 101 Å². The summed E-state index contributed by atoms with van der Waals surface area (Å²) >= 11 is 0. The van der Waals surface area contributed by atoms with Gasteiger partial charge in [0.25, 0.3) is 0 Å². The summed E-state index contributed by atoms with van der Waals surface area (Å²) in [6, 6.07) is 24.3. The van der Waals surface area contributed by atoms with Crippen molar-refractivity contribution in [3.05, 3.63) is 78.4 Å². The van der Waals surface area contributed by atoms with Gasteiger partial charge in [0.15, 0.2) is 0 Å². The van der Waals surface area contributed by atoms with Gasteiger partial charge in [0.05, 0.1) is 0 Å². The third kappa shape index (κ3) is 3.21. The molecule has 26 heavy (non-hydrogen) atoms. The monoisotopic (exact) mass is 340 g/mol. The zero-order chi connectivity index (χ0) is 18.4. The van der Waals surface area contributed by atoms with Crippen LogP contribution in [0, 0.1) is 10.8 Å². The fourth-order valence-corrected chi connectivity index (χ4v) is 5.02. The molecule has 0 saturated carbocycles. The van der Waals surface area contributed by atoms with E-state index in [4.69, 9.17) is 0 Å². The van der Waals surface area contributed by atoms with Gasteiger partial charge in [0, 0.05) is 0 Å². The van der Waals surface area contributed by atoms with Gasteiger partial charge in [-0.05, 0) is 56.7 Å². The van der Waals surface area contributed by atoms with Crippen LogP contribution in [0.15, 0.2) is 72.8 Å². The normalized spacial score (nSPS) is 18.5. The molecule has 0 bridgehead atoms. The Hall–Kier alpha value is -2.34. The lowest BCUT2D eigenvalue weighted by atomic mass is 9.65. The lowest BCUT2D eigenvalue weighted by molar-refractivity contribution is 0.229. The number of fused-ring (bicyclic) bond motifs is 1. The Labute approximate surface area is 157 Å². The van der Waals surface area contributed by atoms with Gasteiger partial charge in [-0.2, -0.15) is 0 Å². The maximum atomic E-state index is 2.52. The molecule has 1 aliphatic rings. The Morgan fingerprint density at radius 1 is 0.654 bits per heavy atom. The predicted octanol–water partition coefficient (Wildman–Crippen LogP) is 7.74. The van der Waals surface area contributed by atoms with Crippen molar-refractivity contribution in [1.82, 2.24) is 0 Å². The van der Waals surface area contributed by atoms with Gasteiger partial charge in [0.2, 0.25) is 0 Å². The highest BCUT2D eigenvalue weighted by atomic mass is 14.4. The van der Waals surface area contributed by atoms with E-state index in [1.807, 2.05) is 0 Å². The molecule has 1 aliphatic carbocycles. The molecule has 0 heterocycles. The van der Waals surface area contributed by atoms with Crippen LogP contribution in [0.1, 0.15) is 46.1 Å². The largest absolute Gasteiger partial charge is 0.0750 e. The minimum atomic E-state index is 0.239. The van der Waals surface area contributed by atoms with E-state index in [1.54, 1.807) is 0 Å². The zero-order valence-corrected chi connectivity index (χ0v) is 16.3. The summed E-state index contributed by atoms with van der Waals surface area (Å²) in [7, 11) is 0. The minimum Gasteiger partial charge on any atom is -0.0750 e. The van der Waals surface area contributed by atoms with Crippen LogP contribution in [0.3, 0.4) is 0 Å². The minimum absolute atomic E-state index is 0.239. The molecule has 0 atom stereocenters. The zero-order valence-electron chi connectivity index (χ0n) is 16.3. The quantitative estimate of drug-likeness (QED) is 0.447. The molecule has 0 nitrogen and oxygen atoms in total. The highest BCUT2D eigenvalue weighted by Crippen LogP contribution is 2.49. The predicted molar refractivity (Wildman–Crippen MR) is 114 cm³/mol. The highest BCUT2D eigenvalue weighted by molar-refractivity contribution is 5.99. The maximum Gasteiger partial charge on any atom is -0.00993 e. The van der Waals surface area contributed by atoms with E-state index < -0.39 is 0 Å². The molecular weight excluding hydrogens is 312 g/mol. The molecule has 0 heteroatoms. The van der Waals surface area contributed by atoms with E-state index >= 15 is 0 Å². The number of hydrogen-bond acceptors (Lipinski definition) is 0. The number of allylic oxidation sites excluding steroid dienone is 2. The topological polar surface area (TPSA) is 0 Å². The van der Waals surface area contributed by atoms with E-state index in [2.05, 4.69) is 101 Å². The summed E-state index contributed by atoms with van der Waals surface area (Å²) in [5.74, 6) is 0. The third-order valence-corrected chi connectivity index (χ3v) is 5.52. The van der Waals surface area contributed by atoms with Crippen molar-refractivity contribution in [3.63, 3.8) is 0 Å². The third-order valence-electron chi connectivity index (χ3n) is 5.52. The van der Waals surface area contributed by atoms with Crippen molar-refractivity contribution in [2.24, 2.45) is 10.8 Å². The van der Waals surface area contributed by atoms with Gasteiger partial charge in [-0.25, -0.2) is 0 Å². The Bertz CT molecular complexity index is 980. The van der Waals surface area contributed by atoms with Gasteiger partial charge in [-0.3, -0.25) is 0 Å². The Balaban J connectivity index is 1.92. The summed E-state index contributed by atoms with van der Waals surface area (Å²) in [4.78, 5) is 0. The van der Waals surface area contributed by atoms with Gasteiger partial charge >= 0.3 is 0 Å². The maximum absolute atomic E-state index is 2.52. The van der Waals surface area contributed by atoms with Crippen LogP contribution in [0.25, 0.3) is 27.5 Å². The molecule has 0 aromatic heterocycles. The van der Waals surface area contributed by atoms with Gasteiger partial charge < -0.3 is 0 Å². The first-order valence-corrected chi connectivity index (χ1v) is 9.64. The van der Waals surface area contributed by atoms with Crippen LogP contribution in [0.5, 0.6) is 0 Å². The first kappa shape index (κ1) is 17.1. The van der Waals surface area contributed by atoms with E-state index in [-0.39, 0.29) is 5.41 Å². The van der Waals surface area contributed by atoms with Crippen LogP contribution >= 0.6 is 0 Å². The lowest BCUT2D eigenvalue weighted by Gasteiger charge is -2.40. The molecule has 0 N–H and O–H groups in total. The summed E-state index contributed by atoms with van der Waals surface area (Å²) in [6.07, 6.45) is 4.89. The number of rotatable bonds is 2. The van der Waals surface area contributed by atoms with E-state index in [1.165, 1.54) is 39.5 Å². The molecule has 0 aliphatic heterocycles. The smallest absolute Gasteiger partial charge is 0.00993 e. The van der Waals surface area contributed by atoms with Crippen molar-refractivity contribution < 1.29 is 0 Å². The Morgan fingerprint density at radius 2 is 1.27 bits per heavy atom. The molecule has 0 unspecified atom stereocenters. The second-order valence-electron chi connectivity index (χ2n) is 9.25. The van der Waals surface area contributed by atoms with Crippen molar-refractivity contribution in [2.75, 3.05) is 0 Å². The molecule has 4 rings (SSSR count). The SMILES string of the molecule is CC1(C)C=C(c2ccccc2-c2cccc3ccccc23)CC(C)(C)C1. The van der Waals surface area contributed by atoms with Gasteiger partial charge in [0.1, 0.15) is 0 Å². The molecule has 0 amide bonds. The molecule has 0 fully saturated rings. The average molecular weight is 341 g/mol. The molecule has 132 valence electrons. The summed E-state index contributed by atoms with van der Waals surface area (Å²) < 4.78 is 0. The van der Waals surface area contributed by atoms with Crippen LogP contribution < -0.4 is 0 Å². The molecule has 0 spiro atoms. The standard InChI is InChI=1S/C26H28/c1-25(2)16-20(17-26(3,4)18-25)22-13-7-8-14-23(22)24-15-9-11-19-10-5-6-12-21(19)24/h5-16H,17-18H2,1-4H3. The van der Waals surface area contributed by atoms with E-state index in [9.17, 15) is 0 Å². The van der Waals surface area contributed by atoms with Crippen molar-refractivity contribution in [2.45, 2.75) is 40.5 Å². The highest BCUT2D eigenvalue weighted by Gasteiger charge is 2.34. The first-order chi connectivity index (χ1) is 12.3. The van der Waals surface area contributed by atoms with E-state index in [0.717, 1.165) is 6.42 Å². The van der Waals surface area contributed by atoms with Crippen molar-refractivity contribution in [1.29, 1.82) is 0 Å². The number of benzene rings is 3. The second-order valence-corrected chi connectivity index (χ2v) is 9.25. The summed E-state index contributed by atoms with van der Waals surface area (Å²) in [5, 5.41) is 2.63. The van der Waals surface area contributed by atoms with Crippen LogP contribution in [0.4, 0.5) is 0 Å². The molecular formula is C26H28. The summed E-state index contributed by atoms with van der Waals surface area (Å²) in [6.45, 7) is 9.55. The van der Waals surface area contributed by atoms with E-state index in [0.29, 0.717) is 5.41 Å². The lowest BCUT2D eigenvalue weighted by Crippen LogP contribution is -2.26. The van der Waals surface area contributed by atoms with Crippen LogP contribution in [-0.4, -0.2) is 0 Å². The first-order valence-electron chi connectivity index (χ1n) is 9.64. The molecule has 0 radical (unpaired) electrons. The van der Waals surface area contributed by atoms with Gasteiger partial charge in [-0.15, -0.1) is 0 Å². The van der Waals surface area contributed by atoms with Crippen LogP contribution in [-0.2, 0) is 0 Å². The fourth-order valence-electron chi connectivity index (χ4n) is 5.02. The molecule has 0 saturated heterocycles. The average Bonchev–Trinajstić information content (AvgIpc) is 2.58. The Morgan fingerprint density at radius 3 is 2.04 bits per heavy atom. The van der Waals surface area contributed by atoms with Crippen molar-refractivity contribution in [3.8, 4) is 11.1 Å². The summed E-state index contributed by atoms with van der Waals surface area (Å²) in [5.41, 5.74) is 6.15. The second kappa shape index (κ2) is 6.13.